The third-order valence-corrected chi connectivity index (χ3v) is 6.24. The van der Waals surface area contributed by atoms with Crippen LogP contribution in [0.5, 0.6) is 0 Å². The molecule has 0 amide bonds. The number of aliphatic hydroxyl groups is 1. The molecule has 3 heterocycles. The minimum Gasteiger partial charge on any atom is -0.392 e. The lowest BCUT2D eigenvalue weighted by Gasteiger charge is -2.43. The molecule has 0 unspecified atom stereocenters. The van der Waals surface area contributed by atoms with E-state index in [1.807, 2.05) is 0 Å². The summed E-state index contributed by atoms with van der Waals surface area (Å²) in [7, 11) is 0. The second-order valence-corrected chi connectivity index (χ2v) is 8.25. The molecule has 1 aromatic carbocycles. The predicted molar refractivity (Wildman–Crippen MR) is 108 cm³/mol. The van der Waals surface area contributed by atoms with Crippen LogP contribution in [0.25, 0.3) is 0 Å². The van der Waals surface area contributed by atoms with Gasteiger partial charge in [0.15, 0.2) is 0 Å². The van der Waals surface area contributed by atoms with Crippen LogP contribution >= 0.6 is 0 Å². The van der Waals surface area contributed by atoms with Crippen molar-refractivity contribution in [3.8, 4) is 0 Å². The standard InChI is InChI=1S/C22H32N4O/c1-3-9-26-17(2)19(12-23-26)13-24-15-21-11-22(27)16-25(21)14-20(24)10-18-7-5-4-6-8-18/h4-8,12,20-22,27H,3,9-11,13-16H2,1-2H3/t20-,21-,22+/m0/s1. The highest BCUT2D eigenvalue weighted by Gasteiger charge is 2.39. The molecule has 4 rings (SSSR count). The minimum absolute atomic E-state index is 0.165. The zero-order valence-electron chi connectivity index (χ0n) is 16.6. The number of hydrogen-bond donors (Lipinski definition) is 1. The van der Waals surface area contributed by atoms with Crippen LogP contribution in [0.2, 0.25) is 0 Å². The fourth-order valence-electron chi connectivity index (χ4n) is 4.75. The maximum Gasteiger partial charge on any atom is 0.0682 e. The van der Waals surface area contributed by atoms with Crippen LogP contribution in [-0.2, 0) is 19.5 Å². The van der Waals surface area contributed by atoms with E-state index in [2.05, 4.69) is 70.0 Å². The van der Waals surface area contributed by atoms with E-state index >= 15 is 0 Å². The van der Waals surface area contributed by atoms with Gasteiger partial charge in [-0.25, -0.2) is 0 Å². The van der Waals surface area contributed by atoms with Gasteiger partial charge in [-0.15, -0.1) is 0 Å². The Labute approximate surface area is 162 Å². The molecule has 27 heavy (non-hydrogen) atoms. The number of aromatic nitrogens is 2. The van der Waals surface area contributed by atoms with E-state index in [1.165, 1.54) is 16.8 Å². The molecule has 0 spiro atoms. The first kappa shape index (κ1) is 18.7. The quantitative estimate of drug-likeness (QED) is 0.851. The molecule has 0 saturated carbocycles. The monoisotopic (exact) mass is 368 g/mol. The second-order valence-electron chi connectivity index (χ2n) is 8.25. The smallest absolute Gasteiger partial charge is 0.0682 e. The average Bonchev–Trinajstić information content (AvgIpc) is 3.19. The van der Waals surface area contributed by atoms with Gasteiger partial charge in [-0.05, 0) is 31.7 Å². The molecule has 5 heteroatoms. The van der Waals surface area contributed by atoms with Crippen LogP contribution in [-0.4, -0.2) is 62.5 Å². The van der Waals surface area contributed by atoms with Crippen molar-refractivity contribution in [3.63, 3.8) is 0 Å². The Bertz CT molecular complexity index is 744. The van der Waals surface area contributed by atoms with Crippen LogP contribution in [0.3, 0.4) is 0 Å². The van der Waals surface area contributed by atoms with Crippen LogP contribution < -0.4 is 0 Å². The van der Waals surface area contributed by atoms with E-state index in [-0.39, 0.29) is 6.10 Å². The summed E-state index contributed by atoms with van der Waals surface area (Å²) < 4.78 is 2.14. The lowest BCUT2D eigenvalue weighted by Crippen LogP contribution is -2.56. The zero-order chi connectivity index (χ0) is 18.8. The van der Waals surface area contributed by atoms with Gasteiger partial charge in [-0.1, -0.05) is 37.3 Å². The Morgan fingerprint density at radius 1 is 1.15 bits per heavy atom. The number of hydrogen-bond acceptors (Lipinski definition) is 4. The van der Waals surface area contributed by atoms with Crippen LogP contribution in [0.1, 0.15) is 36.6 Å². The van der Waals surface area contributed by atoms with Crippen molar-refractivity contribution in [1.29, 1.82) is 0 Å². The first-order valence-corrected chi connectivity index (χ1v) is 10.4. The molecule has 2 aliphatic rings. The van der Waals surface area contributed by atoms with Gasteiger partial charge in [-0.3, -0.25) is 14.5 Å². The molecule has 2 aromatic rings. The molecule has 1 aromatic heterocycles. The maximum atomic E-state index is 10.1. The fraction of sp³-hybridized carbons (Fsp3) is 0.591. The van der Waals surface area contributed by atoms with Crippen molar-refractivity contribution in [2.75, 3.05) is 19.6 Å². The van der Waals surface area contributed by atoms with Crippen molar-refractivity contribution >= 4 is 0 Å². The molecular formula is C22H32N4O. The van der Waals surface area contributed by atoms with Gasteiger partial charge in [-0.2, -0.15) is 5.10 Å². The SMILES string of the molecule is CCCn1ncc(CN2C[C@@H]3C[C@@H](O)CN3C[C@@H]2Cc2ccccc2)c1C. The van der Waals surface area contributed by atoms with Crippen LogP contribution in [0.4, 0.5) is 0 Å². The predicted octanol–water partition coefficient (Wildman–Crippen LogP) is 2.46. The number of piperazine rings is 1. The molecular weight excluding hydrogens is 336 g/mol. The van der Waals surface area contributed by atoms with Crippen molar-refractivity contribution in [2.24, 2.45) is 0 Å². The maximum absolute atomic E-state index is 10.1. The minimum atomic E-state index is -0.165. The van der Waals surface area contributed by atoms with E-state index in [9.17, 15) is 5.11 Å². The van der Waals surface area contributed by atoms with Gasteiger partial charge in [0.25, 0.3) is 0 Å². The van der Waals surface area contributed by atoms with Gasteiger partial charge in [0.2, 0.25) is 0 Å². The molecule has 0 bridgehead atoms. The average molecular weight is 369 g/mol. The summed E-state index contributed by atoms with van der Waals surface area (Å²) in [5.41, 5.74) is 4.03. The van der Waals surface area contributed by atoms with E-state index in [0.29, 0.717) is 12.1 Å². The summed E-state index contributed by atoms with van der Waals surface area (Å²) in [4.78, 5) is 5.13. The number of rotatable bonds is 6. The first-order valence-electron chi connectivity index (χ1n) is 10.4. The topological polar surface area (TPSA) is 44.5 Å². The summed E-state index contributed by atoms with van der Waals surface area (Å²) in [5.74, 6) is 0. The largest absolute Gasteiger partial charge is 0.392 e. The third kappa shape index (κ3) is 4.10. The van der Waals surface area contributed by atoms with Crippen molar-refractivity contribution in [1.82, 2.24) is 19.6 Å². The van der Waals surface area contributed by atoms with E-state index < -0.39 is 0 Å². The molecule has 5 nitrogen and oxygen atoms in total. The Morgan fingerprint density at radius 2 is 1.96 bits per heavy atom. The van der Waals surface area contributed by atoms with Crippen LogP contribution in [0.15, 0.2) is 36.5 Å². The number of nitrogens with zero attached hydrogens (tertiary/aromatic N) is 4. The van der Waals surface area contributed by atoms with E-state index in [4.69, 9.17) is 0 Å². The number of aryl methyl sites for hydroxylation is 1. The molecule has 146 valence electrons. The molecule has 2 fully saturated rings. The summed E-state index contributed by atoms with van der Waals surface area (Å²) in [6.07, 6.45) is 4.96. The van der Waals surface area contributed by atoms with E-state index in [1.54, 1.807) is 0 Å². The highest BCUT2D eigenvalue weighted by molar-refractivity contribution is 5.19. The van der Waals surface area contributed by atoms with Crippen LogP contribution in [0, 0.1) is 6.92 Å². The molecule has 1 N–H and O–H groups in total. The lowest BCUT2D eigenvalue weighted by atomic mass is 9.99. The van der Waals surface area contributed by atoms with Crippen molar-refractivity contribution in [2.45, 2.75) is 64.4 Å². The Balaban J connectivity index is 1.53. The van der Waals surface area contributed by atoms with Gasteiger partial charge in [0.05, 0.1) is 12.3 Å². The number of benzene rings is 1. The van der Waals surface area contributed by atoms with Gasteiger partial charge in [0.1, 0.15) is 0 Å². The zero-order valence-corrected chi connectivity index (χ0v) is 16.6. The number of fused-ring (bicyclic) bond motifs is 1. The molecule has 2 aliphatic heterocycles. The fourth-order valence-corrected chi connectivity index (χ4v) is 4.75. The second kappa shape index (κ2) is 8.13. The summed E-state index contributed by atoms with van der Waals surface area (Å²) >= 11 is 0. The van der Waals surface area contributed by atoms with Gasteiger partial charge in [0, 0.05) is 56.1 Å². The van der Waals surface area contributed by atoms with Crippen molar-refractivity contribution in [3.05, 3.63) is 53.3 Å². The Morgan fingerprint density at radius 3 is 2.74 bits per heavy atom. The number of aliphatic hydroxyl groups excluding tert-OH is 1. The Hall–Kier alpha value is -1.69. The normalized spacial score (nSPS) is 26.4. The molecule has 0 radical (unpaired) electrons. The summed E-state index contributed by atoms with van der Waals surface area (Å²) in [6.45, 7) is 9.24. The molecule has 2 saturated heterocycles. The Kier molecular flexibility index (Phi) is 5.62. The highest BCUT2D eigenvalue weighted by atomic mass is 16.3. The van der Waals surface area contributed by atoms with Crippen molar-refractivity contribution < 1.29 is 5.11 Å². The first-order chi connectivity index (χ1) is 13.1. The summed E-state index contributed by atoms with van der Waals surface area (Å²) in [5, 5.41) is 14.7. The lowest BCUT2D eigenvalue weighted by molar-refractivity contribution is 0.0443. The van der Waals surface area contributed by atoms with Gasteiger partial charge < -0.3 is 5.11 Å². The highest BCUT2D eigenvalue weighted by Crippen LogP contribution is 2.28. The molecule has 3 atom stereocenters. The third-order valence-electron chi connectivity index (χ3n) is 6.24. The van der Waals surface area contributed by atoms with E-state index in [0.717, 1.165) is 52.0 Å². The van der Waals surface area contributed by atoms with Gasteiger partial charge >= 0.3 is 0 Å². The summed E-state index contributed by atoms with van der Waals surface area (Å²) in [6, 6.07) is 11.8. The molecule has 0 aliphatic carbocycles.